The van der Waals surface area contributed by atoms with Gasteiger partial charge >= 0.3 is 6.03 Å². The molecule has 0 spiro atoms. The summed E-state index contributed by atoms with van der Waals surface area (Å²) >= 11 is 0. The van der Waals surface area contributed by atoms with E-state index in [-0.39, 0.29) is 17.7 Å². The molecule has 3 N–H and O–H groups in total. The number of hydrogen-bond acceptors (Lipinski definition) is 5. The van der Waals surface area contributed by atoms with Crippen molar-refractivity contribution < 1.29 is 14.3 Å². The first-order chi connectivity index (χ1) is 21.1. The van der Waals surface area contributed by atoms with Gasteiger partial charge in [-0.3, -0.25) is 15.1 Å². The van der Waals surface area contributed by atoms with Gasteiger partial charge in [0.15, 0.2) is 0 Å². The van der Waals surface area contributed by atoms with Crippen molar-refractivity contribution in [3.8, 4) is 17.2 Å². The summed E-state index contributed by atoms with van der Waals surface area (Å²) in [4.78, 5) is 29.8. The van der Waals surface area contributed by atoms with E-state index in [1.54, 1.807) is 23.0 Å². The summed E-state index contributed by atoms with van der Waals surface area (Å²) < 4.78 is 8.00. The highest BCUT2D eigenvalue weighted by Crippen LogP contribution is 2.35. The normalized spacial score (nSPS) is 11.3. The molecule has 44 heavy (non-hydrogen) atoms. The van der Waals surface area contributed by atoms with Crippen LogP contribution >= 0.6 is 0 Å². The Labute approximate surface area is 257 Å². The van der Waals surface area contributed by atoms with Gasteiger partial charge in [-0.05, 0) is 43.7 Å². The Kier molecular flexibility index (Phi) is 8.94. The van der Waals surface area contributed by atoms with Crippen molar-refractivity contribution >= 4 is 34.2 Å². The third-order valence-corrected chi connectivity index (χ3v) is 7.06. The lowest BCUT2D eigenvalue weighted by atomic mass is 9.92. The second-order valence-electron chi connectivity index (χ2n) is 11.8. The lowest BCUT2D eigenvalue weighted by Crippen LogP contribution is -2.25. The van der Waals surface area contributed by atoms with Crippen LogP contribution in [0.4, 0.5) is 16.3 Å². The summed E-state index contributed by atoms with van der Waals surface area (Å²) in [5, 5.41) is 15.3. The van der Waals surface area contributed by atoms with Crippen molar-refractivity contribution in [3.05, 3.63) is 102 Å². The van der Waals surface area contributed by atoms with Crippen molar-refractivity contribution in [1.82, 2.24) is 20.1 Å². The molecule has 0 fully saturated rings. The van der Waals surface area contributed by atoms with Gasteiger partial charge in [0.1, 0.15) is 17.3 Å². The number of pyridine rings is 1. The fraction of sp³-hybridized carbons (Fsp3) is 0.257. The maximum absolute atomic E-state index is 13.4. The van der Waals surface area contributed by atoms with E-state index in [0.29, 0.717) is 35.2 Å². The van der Waals surface area contributed by atoms with Crippen LogP contribution in [-0.4, -0.2) is 33.2 Å². The summed E-state index contributed by atoms with van der Waals surface area (Å²) in [5.41, 5.74) is 3.91. The summed E-state index contributed by atoms with van der Waals surface area (Å²) in [6, 6.07) is 24.4. The molecule has 0 saturated carbocycles. The van der Waals surface area contributed by atoms with Crippen molar-refractivity contribution in [3.63, 3.8) is 0 Å². The molecular formula is C35H38N6O3. The van der Waals surface area contributed by atoms with E-state index in [0.717, 1.165) is 34.1 Å². The van der Waals surface area contributed by atoms with Gasteiger partial charge in [-0.25, -0.2) is 9.48 Å². The first-order valence-corrected chi connectivity index (χ1v) is 14.8. The van der Waals surface area contributed by atoms with E-state index in [1.165, 1.54) is 0 Å². The molecule has 0 aliphatic rings. The number of anilines is 2. The van der Waals surface area contributed by atoms with Gasteiger partial charge in [-0.15, -0.1) is 0 Å². The van der Waals surface area contributed by atoms with Gasteiger partial charge in [0, 0.05) is 41.1 Å². The molecule has 0 aliphatic heterocycles. The molecule has 226 valence electrons. The number of nitrogens with one attached hydrogen (secondary N) is 3. The highest BCUT2D eigenvalue weighted by Gasteiger charge is 2.22. The molecule has 0 unspecified atom stereocenters. The van der Waals surface area contributed by atoms with Crippen LogP contribution in [0.15, 0.2) is 85.1 Å². The van der Waals surface area contributed by atoms with E-state index < -0.39 is 6.03 Å². The van der Waals surface area contributed by atoms with E-state index in [9.17, 15) is 9.59 Å². The lowest BCUT2D eigenvalue weighted by Gasteiger charge is -2.14. The number of nitrogens with zero attached hydrogens (tertiary/aromatic N) is 3. The van der Waals surface area contributed by atoms with E-state index >= 15 is 0 Å². The Hall–Kier alpha value is -5.18. The molecule has 2 aromatic heterocycles. The molecule has 5 aromatic rings. The first-order valence-electron chi connectivity index (χ1n) is 14.8. The quantitative estimate of drug-likeness (QED) is 0.164. The number of fused-ring (bicyclic) bond motifs is 1. The minimum absolute atomic E-state index is 0.0767. The number of amides is 3. The average Bonchev–Trinajstić information content (AvgIpc) is 3.42. The Morgan fingerprint density at radius 1 is 0.909 bits per heavy atom. The summed E-state index contributed by atoms with van der Waals surface area (Å²) in [7, 11) is 0. The van der Waals surface area contributed by atoms with Crippen molar-refractivity contribution in [2.45, 2.75) is 52.9 Å². The van der Waals surface area contributed by atoms with Crippen LogP contribution in [0, 0.1) is 6.92 Å². The molecule has 0 atom stereocenters. The van der Waals surface area contributed by atoms with Gasteiger partial charge in [0.2, 0.25) is 5.91 Å². The van der Waals surface area contributed by atoms with Crippen LogP contribution in [0.5, 0.6) is 11.5 Å². The number of aryl methyl sites for hydroxylation is 1. The van der Waals surface area contributed by atoms with Crippen molar-refractivity contribution in [2.75, 3.05) is 17.2 Å². The number of benzene rings is 3. The molecule has 2 heterocycles. The first kappa shape index (κ1) is 30.3. The second-order valence-corrected chi connectivity index (χ2v) is 11.8. The van der Waals surface area contributed by atoms with Gasteiger partial charge in [0.25, 0.3) is 0 Å². The van der Waals surface area contributed by atoms with Gasteiger partial charge in [0.05, 0.1) is 29.2 Å². The number of carbonyl (C=O) groups excluding carboxylic acids is 2. The number of hydrogen-bond donors (Lipinski definition) is 3. The highest BCUT2D eigenvalue weighted by molar-refractivity contribution is 6.07. The van der Waals surface area contributed by atoms with Crippen LogP contribution < -0.4 is 20.7 Å². The number of ether oxygens (including phenoxy) is 1. The van der Waals surface area contributed by atoms with Crippen LogP contribution in [0.25, 0.3) is 16.5 Å². The van der Waals surface area contributed by atoms with E-state index in [4.69, 9.17) is 9.84 Å². The number of carbonyl (C=O) groups is 2. The number of aromatic nitrogens is 3. The third kappa shape index (κ3) is 7.23. The predicted molar refractivity (Wildman–Crippen MR) is 175 cm³/mol. The monoisotopic (exact) mass is 590 g/mol. The SMILES string of the molecule is CCCNC(=O)Cc1cc(Oc2ccc(NC(=O)Nc3cc(C(C)(C)C)nn3-c3ccc(C)cc3)c3ccccc23)ccn1. The molecule has 3 aromatic carbocycles. The van der Waals surface area contributed by atoms with Gasteiger partial charge < -0.3 is 15.4 Å². The fourth-order valence-corrected chi connectivity index (χ4v) is 4.69. The molecule has 9 heteroatoms. The summed E-state index contributed by atoms with van der Waals surface area (Å²) in [6.45, 7) is 10.9. The minimum Gasteiger partial charge on any atom is -0.457 e. The average molecular weight is 591 g/mol. The van der Waals surface area contributed by atoms with Gasteiger partial charge in [-0.1, -0.05) is 69.7 Å². The largest absolute Gasteiger partial charge is 0.457 e. The molecule has 3 amide bonds. The van der Waals surface area contributed by atoms with Crippen molar-refractivity contribution in [2.24, 2.45) is 0 Å². The molecule has 0 saturated heterocycles. The highest BCUT2D eigenvalue weighted by atomic mass is 16.5. The Bertz CT molecular complexity index is 1790. The second kappa shape index (κ2) is 13.0. The zero-order valence-electron chi connectivity index (χ0n) is 25.8. The third-order valence-electron chi connectivity index (χ3n) is 7.06. The Morgan fingerprint density at radius 3 is 2.39 bits per heavy atom. The zero-order valence-corrected chi connectivity index (χ0v) is 25.8. The molecule has 5 rings (SSSR count). The molecule has 0 radical (unpaired) electrons. The number of urea groups is 1. The zero-order chi connectivity index (χ0) is 31.3. The number of rotatable bonds is 9. The molecule has 9 nitrogen and oxygen atoms in total. The topological polar surface area (TPSA) is 110 Å². The molecular weight excluding hydrogens is 552 g/mol. The van der Waals surface area contributed by atoms with E-state index in [1.807, 2.05) is 80.6 Å². The van der Waals surface area contributed by atoms with Gasteiger partial charge in [-0.2, -0.15) is 5.10 Å². The van der Waals surface area contributed by atoms with Crippen LogP contribution in [0.1, 0.15) is 51.1 Å². The standard InChI is InChI=1S/C35H38N6O3/c1-6-18-37-33(42)21-24-20-26(17-19-36-24)44-30-16-15-29(27-9-7-8-10-28(27)30)38-34(43)39-32-22-31(35(3,4)5)40-41(32)25-13-11-23(2)12-14-25/h7-17,19-20,22H,6,18,21H2,1-5H3,(H,37,42)(H2,38,39,43). The van der Waals surface area contributed by atoms with Crippen LogP contribution in [0.2, 0.25) is 0 Å². The minimum atomic E-state index is -0.391. The molecule has 0 bridgehead atoms. The predicted octanol–water partition coefficient (Wildman–Crippen LogP) is 7.53. The maximum atomic E-state index is 13.4. The van der Waals surface area contributed by atoms with Crippen LogP contribution in [0.3, 0.4) is 0 Å². The smallest absolute Gasteiger partial charge is 0.324 e. The Balaban J connectivity index is 1.36. The summed E-state index contributed by atoms with van der Waals surface area (Å²) in [5.74, 6) is 1.68. The summed E-state index contributed by atoms with van der Waals surface area (Å²) in [6.07, 6.45) is 2.68. The van der Waals surface area contributed by atoms with Crippen LogP contribution in [-0.2, 0) is 16.6 Å². The Morgan fingerprint density at radius 2 is 1.66 bits per heavy atom. The lowest BCUT2D eigenvalue weighted by molar-refractivity contribution is -0.120. The maximum Gasteiger partial charge on any atom is 0.324 e. The van der Waals surface area contributed by atoms with E-state index in [2.05, 4.69) is 41.7 Å². The van der Waals surface area contributed by atoms with Crippen molar-refractivity contribution in [1.29, 1.82) is 0 Å². The fourth-order valence-electron chi connectivity index (χ4n) is 4.69. The molecule has 0 aliphatic carbocycles.